The van der Waals surface area contributed by atoms with Gasteiger partial charge < -0.3 is 9.84 Å². The van der Waals surface area contributed by atoms with Crippen molar-refractivity contribution < 1.29 is 27.9 Å². The van der Waals surface area contributed by atoms with Crippen LogP contribution in [0.5, 0.6) is 0 Å². The van der Waals surface area contributed by atoms with E-state index in [9.17, 15) is 18.0 Å². The van der Waals surface area contributed by atoms with E-state index in [1.165, 1.54) is 25.1 Å². The Bertz CT molecular complexity index is 654. The number of aromatic carboxylic acids is 1. The molecule has 0 aliphatic heterocycles. The summed E-state index contributed by atoms with van der Waals surface area (Å²) in [7, 11) is -4.15. The minimum Gasteiger partial charge on any atom is -0.478 e. The Balaban J connectivity index is 2.83. The summed E-state index contributed by atoms with van der Waals surface area (Å²) in [5, 5.41) is 8.88. The zero-order valence-electron chi connectivity index (χ0n) is 11.7. The molecular formula is C12H16N2O6S. The number of carbonyl (C=O) groups is 2. The van der Waals surface area contributed by atoms with Gasteiger partial charge in [0.15, 0.2) is 0 Å². The van der Waals surface area contributed by atoms with Crippen LogP contribution >= 0.6 is 0 Å². The lowest BCUT2D eigenvalue weighted by atomic mass is 10.1. The molecule has 0 bridgehead atoms. The smallest absolute Gasteiger partial charge is 0.422 e. The van der Waals surface area contributed by atoms with E-state index in [1.54, 1.807) is 18.6 Å². The van der Waals surface area contributed by atoms with Crippen LogP contribution in [0.15, 0.2) is 18.2 Å². The number of hydrogen-bond donors (Lipinski definition) is 3. The maximum atomic E-state index is 11.7. The molecule has 0 aliphatic rings. The molecular weight excluding hydrogens is 300 g/mol. The molecule has 0 saturated carbocycles. The fourth-order valence-electron chi connectivity index (χ4n) is 1.50. The average molecular weight is 316 g/mol. The molecule has 0 unspecified atom stereocenters. The van der Waals surface area contributed by atoms with Gasteiger partial charge in [-0.25, -0.2) is 14.3 Å². The maximum Gasteiger partial charge on any atom is 0.422 e. The maximum absolute atomic E-state index is 11.7. The van der Waals surface area contributed by atoms with Gasteiger partial charge in [0.1, 0.15) is 0 Å². The van der Waals surface area contributed by atoms with Crippen LogP contribution in [0.4, 0.5) is 10.5 Å². The van der Waals surface area contributed by atoms with E-state index in [0.29, 0.717) is 5.56 Å². The molecule has 0 aliphatic carbocycles. The second kappa shape index (κ2) is 6.44. The monoisotopic (exact) mass is 316 g/mol. The highest BCUT2D eigenvalue weighted by molar-refractivity contribution is 7.91. The quantitative estimate of drug-likeness (QED) is 0.756. The summed E-state index contributed by atoms with van der Waals surface area (Å²) in [6.07, 6.45) is -1.56. The van der Waals surface area contributed by atoms with Crippen molar-refractivity contribution in [1.29, 1.82) is 0 Å². The van der Waals surface area contributed by atoms with Crippen molar-refractivity contribution in [1.82, 2.24) is 4.72 Å². The van der Waals surface area contributed by atoms with Gasteiger partial charge in [-0.15, -0.1) is 0 Å². The van der Waals surface area contributed by atoms with Crippen LogP contribution < -0.4 is 9.44 Å². The summed E-state index contributed by atoms with van der Waals surface area (Å²) >= 11 is 0. The Hall–Kier alpha value is -2.29. The first kappa shape index (κ1) is 16.8. The second-order valence-corrected chi connectivity index (χ2v) is 5.91. The van der Waals surface area contributed by atoms with Gasteiger partial charge in [0.05, 0.1) is 17.4 Å². The molecule has 0 aromatic heterocycles. The van der Waals surface area contributed by atoms with Crippen molar-refractivity contribution in [2.24, 2.45) is 0 Å². The molecule has 0 heterocycles. The third kappa shape index (κ3) is 5.30. The predicted molar refractivity (Wildman–Crippen MR) is 75.4 cm³/mol. The highest BCUT2D eigenvalue weighted by Crippen LogP contribution is 2.16. The van der Waals surface area contributed by atoms with Gasteiger partial charge in [0, 0.05) is 0 Å². The van der Waals surface area contributed by atoms with E-state index in [2.05, 4.69) is 9.46 Å². The predicted octanol–water partition coefficient (Wildman–Crippen LogP) is 1.48. The van der Waals surface area contributed by atoms with Crippen LogP contribution in [-0.4, -0.2) is 31.7 Å². The number of nitrogens with one attached hydrogen (secondary N) is 2. The number of anilines is 1. The number of hydrogen-bond acceptors (Lipinski definition) is 5. The molecule has 3 N–H and O–H groups in total. The summed E-state index contributed by atoms with van der Waals surface area (Å²) in [4.78, 5) is 22.1. The standard InChI is InChI=1S/C12H16N2O6S/c1-7(2)20-12(17)14-21(18,19)13-9-4-5-10(11(15)16)8(3)6-9/h4-7,13H,1-3H3,(H,14,17)(H,15,16). The molecule has 0 saturated heterocycles. The number of aryl methyl sites for hydroxylation is 1. The minimum absolute atomic E-state index is 0.0603. The summed E-state index contributed by atoms with van der Waals surface area (Å²) < 4.78 is 31.8. The Kier molecular flexibility index (Phi) is 5.14. The summed E-state index contributed by atoms with van der Waals surface area (Å²) in [5.74, 6) is -1.11. The van der Waals surface area contributed by atoms with E-state index in [-0.39, 0.29) is 11.3 Å². The molecule has 0 atom stereocenters. The molecule has 9 heteroatoms. The average Bonchev–Trinajstić information content (AvgIpc) is 2.24. The Morgan fingerprint density at radius 1 is 1.29 bits per heavy atom. The third-order valence-corrected chi connectivity index (χ3v) is 3.21. The molecule has 1 rings (SSSR count). The first-order chi connectivity index (χ1) is 9.60. The SMILES string of the molecule is Cc1cc(NS(=O)(=O)NC(=O)OC(C)C)ccc1C(=O)O. The highest BCUT2D eigenvalue weighted by Gasteiger charge is 2.17. The molecule has 1 aromatic rings. The van der Waals surface area contributed by atoms with Crippen LogP contribution in [0.25, 0.3) is 0 Å². The van der Waals surface area contributed by atoms with Crippen LogP contribution in [0.2, 0.25) is 0 Å². The molecule has 21 heavy (non-hydrogen) atoms. The number of carboxylic acids is 1. The van der Waals surface area contributed by atoms with E-state index in [1.807, 2.05) is 0 Å². The summed E-state index contributed by atoms with van der Waals surface area (Å²) in [6, 6.07) is 3.89. The molecule has 0 fully saturated rings. The van der Waals surface area contributed by atoms with Gasteiger partial charge in [-0.1, -0.05) is 0 Å². The topological polar surface area (TPSA) is 122 Å². The molecule has 1 amide bonds. The summed E-state index contributed by atoms with van der Waals surface area (Å²) in [6.45, 7) is 4.68. The lowest BCUT2D eigenvalue weighted by Gasteiger charge is -2.12. The van der Waals surface area contributed by atoms with Crippen LogP contribution in [0, 0.1) is 6.92 Å². The molecule has 1 aromatic carbocycles. The fraction of sp³-hybridized carbons (Fsp3) is 0.333. The molecule has 8 nitrogen and oxygen atoms in total. The van der Waals surface area contributed by atoms with Crippen molar-refractivity contribution in [2.45, 2.75) is 26.9 Å². The van der Waals surface area contributed by atoms with E-state index in [0.717, 1.165) is 0 Å². The largest absolute Gasteiger partial charge is 0.478 e. The van der Waals surface area contributed by atoms with Crippen LogP contribution in [0.3, 0.4) is 0 Å². The number of amides is 1. The number of carbonyl (C=O) groups excluding carboxylic acids is 1. The summed E-state index contributed by atoms with van der Waals surface area (Å²) in [5.41, 5.74) is 0.569. The fourth-order valence-corrected chi connectivity index (χ4v) is 2.25. The van der Waals surface area contributed by atoms with Crippen molar-refractivity contribution >= 4 is 28.0 Å². The molecule has 0 radical (unpaired) electrons. The Morgan fingerprint density at radius 2 is 1.90 bits per heavy atom. The van der Waals surface area contributed by atoms with Crippen molar-refractivity contribution in [3.63, 3.8) is 0 Å². The highest BCUT2D eigenvalue weighted by atomic mass is 32.2. The van der Waals surface area contributed by atoms with Gasteiger partial charge in [-0.2, -0.15) is 8.42 Å². The number of benzene rings is 1. The van der Waals surface area contributed by atoms with E-state index >= 15 is 0 Å². The lowest BCUT2D eigenvalue weighted by molar-refractivity contribution is 0.0696. The number of ether oxygens (including phenoxy) is 1. The van der Waals surface area contributed by atoms with Gasteiger partial charge in [0.25, 0.3) is 0 Å². The normalized spacial score (nSPS) is 11.0. The van der Waals surface area contributed by atoms with Crippen molar-refractivity contribution in [3.05, 3.63) is 29.3 Å². The molecule has 116 valence electrons. The Labute approximate surface area is 122 Å². The van der Waals surface area contributed by atoms with E-state index < -0.39 is 28.4 Å². The first-order valence-corrected chi connectivity index (χ1v) is 7.44. The lowest BCUT2D eigenvalue weighted by Crippen LogP contribution is -2.36. The third-order valence-electron chi connectivity index (χ3n) is 2.27. The minimum atomic E-state index is -4.15. The zero-order chi connectivity index (χ0) is 16.2. The zero-order valence-corrected chi connectivity index (χ0v) is 12.5. The van der Waals surface area contributed by atoms with Gasteiger partial charge in [-0.05, 0) is 44.5 Å². The number of rotatable bonds is 5. The van der Waals surface area contributed by atoms with Crippen molar-refractivity contribution in [2.75, 3.05) is 4.72 Å². The number of carboxylic acid groups (broad SMARTS) is 1. The molecule has 0 spiro atoms. The second-order valence-electron chi connectivity index (χ2n) is 4.50. The first-order valence-electron chi connectivity index (χ1n) is 5.96. The van der Waals surface area contributed by atoms with Crippen molar-refractivity contribution in [3.8, 4) is 0 Å². The van der Waals surface area contributed by atoms with Gasteiger partial charge >= 0.3 is 22.3 Å². The van der Waals surface area contributed by atoms with E-state index in [4.69, 9.17) is 5.11 Å². The Morgan fingerprint density at radius 3 is 2.38 bits per heavy atom. The van der Waals surface area contributed by atoms with Gasteiger partial charge in [0.2, 0.25) is 0 Å². The van der Waals surface area contributed by atoms with Crippen LogP contribution in [0.1, 0.15) is 29.8 Å². The van der Waals surface area contributed by atoms with Crippen LogP contribution in [-0.2, 0) is 14.9 Å². The van der Waals surface area contributed by atoms with Gasteiger partial charge in [-0.3, -0.25) is 4.72 Å².